The molecule has 2 rings (SSSR count). The lowest BCUT2D eigenvalue weighted by atomic mass is 9.98. The van der Waals surface area contributed by atoms with Crippen molar-refractivity contribution in [2.75, 3.05) is 19.8 Å². The largest absolute Gasteiger partial charge is 0.394 e. The third-order valence-electron chi connectivity index (χ3n) is 15.0. The number of hydrogen-bond acceptors (Lipinski definition) is 15. The fraction of sp³-hybridized carbons (Fsp3) is 0.982. The Morgan fingerprint density at radius 3 is 1.31 bits per heavy atom. The molecule has 0 spiro atoms. The van der Waals surface area contributed by atoms with E-state index in [1.54, 1.807) is 0 Å². The zero-order valence-electron chi connectivity index (χ0n) is 45.2. The maximum Gasteiger partial charge on any atom is 0.249 e. The lowest BCUT2D eigenvalue weighted by molar-refractivity contribution is -0.332. The van der Waals surface area contributed by atoms with Crippen molar-refractivity contribution in [3.8, 4) is 0 Å². The molecule has 2 aliphatic rings. The van der Waals surface area contributed by atoms with Crippen LogP contribution >= 0.6 is 0 Å². The van der Waals surface area contributed by atoms with Crippen molar-refractivity contribution in [3.05, 3.63) is 0 Å². The van der Waals surface area contributed by atoms with Gasteiger partial charge in [-0.05, 0) is 12.8 Å². The Kier molecular flexibility index (Phi) is 40.0. The van der Waals surface area contributed by atoms with Crippen LogP contribution in [0.2, 0.25) is 0 Å². The highest BCUT2D eigenvalue weighted by Gasteiger charge is 2.52. The van der Waals surface area contributed by atoms with Gasteiger partial charge in [0.1, 0.15) is 61.0 Å². The Morgan fingerprint density at radius 2 is 0.903 bits per heavy atom. The first-order valence-corrected chi connectivity index (χ1v) is 29.5. The van der Waals surface area contributed by atoms with Crippen LogP contribution in [0.25, 0.3) is 0 Å². The lowest BCUT2D eigenvalue weighted by Gasteiger charge is -2.43. The predicted octanol–water partition coefficient (Wildman–Crippen LogP) is 7.28. The molecule has 2 heterocycles. The maximum atomic E-state index is 13.4. The average Bonchev–Trinajstić information content (AvgIpc) is 3.66. The summed E-state index contributed by atoms with van der Waals surface area (Å²) in [6.45, 7) is 2.41. The van der Waals surface area contributed by atoms with Gasteiger partial charge < -0.3 is 75.3 Å². The molecule has 0 aromatic carbocycles. The quantitative estimate of drug-likeness (QED) is 0.0268. The van der Waals surface area contributed by atoms with Crippen LogP contribution in [0.4, 0.5) is 0 Å². The van der Waals surface area contributed by atoms with Crippen LogP contribution < -0.4 is 5.32 Å². The van der Waals surface area contributed by atoms with Gasteiger partial charge >= 0.3 is 0 Å². The minimum Gasteiger partial charge on any atom is -0.394 e. The molecule has 0 radical (unpaired) electrons. The molecule has 2 fully saturated rings. The van der Waals surface area contributed by atoms with E-state index in [0.29, 0.717) is 12.8 Å². The maximum absolute atomic E-state index is 13.4. The average molecular weight is 1040 g/mol. The molecule has 1 amide bonds. The fourth-order valence-corrected chi connectivity index (χ4v) is 10.1. The first-order chi connectivity index (χ1) is 34.9. The predicted molar refractivity (Wildman–Crippen MR) is 280 cm³/mol. The third kappa shape index (κ3) is 28.3. The molecule has 0 aromatic rings. The molecule has 428 valence electrons. The summed E-state index contributed by atoms with van der Waals surface area (Å²) in [7, 11) is 0. The van der Waals surface area contributed by atoms with Crippen LogP contribution in [0, 0.1) is 0 Å². The Labute approximate surface area is 435 Å². The molecule has 72 heavy (non-hydrogen) atoms. The number of hydrogen-bond donors (Lipinski definition) is 11. The van der Waals surface area contributed by atoms with Gasteiger partial charge in [0.25, 0.3) is 0 Å². The summed E-state index contributed by atoms with van der Waals surface area (Å²) in [6, 6.07) is -1.28. The molecular weight excluding hydrogens is 927 g/mol. The summed E-state index contributed by atoms with van der Waals surface area (Å²) >= 11 is 0. The number of ether oxygens (including phenoxy) is 4. The van der Waals surface area contributed by atoms with Crippen molar-refractivity contribution in [2.24, 2.45) is 0 Å². The van der Waals surface area contributed by atoms with Crippen LogP contribution in [0.3, 0.4) is 0 Å². The number of rotatable bonds is 48. The smallest absolute Gasteiger partial charge is 0.249 e. The standard InChI is InChI=1S/C56H109NO15/c1-3-5-7-9-11-13-15-17-19-20-21-22-24-26-28-30-32-34-36-38-44(61)54(68)57-42(47(63)43(60)37-35-33-31-29-27-25-23-18-16-14-12-10-8-6-4-2)41-69-55-51(67)53(48(64)46(40-59)70-55)72-56-50(66)49(65)52(71-56)45(62)39-58/h42-53,55-56,58-67H,3-41H2,1-2H3,(H,57,68). The zero-order chi connectivity index (χ0) is 52.8. The fourth-order valence-electron chi connectivity index (χ4n) is 10.1. The van der Waals surface area contributed by atoms with Crippen molar-refractivity contribution < 1.29 is 74.8 Å². The van der Waals surface area contributed by atoms with Crippen molar-refractivity contribution in [1.82, 2.24) is 5.32 Å². The van der Waals surface area contributed by atoms with Gasteiger partial charge in [0.15, 0.2) is 12.6 Å². The van der Waals surface area contributed by atoms with E-state index in [-0.39, 0.29) is 12.8 Å². The first kappa shape index (κ1) is 67.0. The summed E-state index contributed by atoms with van der Waals surface area (Å²) in [5.41, 5.74) is 0. The summed E-state index contributed by atoms with van der Waals surface area (Å²) in [5.74, 6) is -0.759. The topological polar surface area (TPSA) is 268 Å². The highest BCUT2D eigenvalue weighted by Crippen LogP contribution is 2.31. The van der Waals surface area contributed by atoms with E-state index in [4.69, 9.17) is 18.9 Å². The molecule has 2 aliphatic heterocycles. The van der Waals surface area contributed by atoms with Gasteiger partial charge in [-0.3, -0.25) is 4.79 Å². The summed E-state index contributed by atoms with van der Waals surface area (Å²) in [4.78, 5) is 13.4. The number of amides is 1. The third-order valence-corrected chi connectivity index (χ3v) is 15.0. The van der Waals surface area contributed by atoms with Gasteiger partial charge in [0.05, 0.1) is 32.0 Å². The van der Waals surface area contributed by atoms with Crippen molar-refractivity contribution >= 4 is 5.91 Å². The van der Waals surface area contributed by atoms with Crippen molar-refractivity contribution in [1.29, 1.82) is 0 Å². The van der Waals surface area contributed by atoms with E-state index in [1.165, 1.54) is 161 Å². The molecule has 2 saturated heterocycles. The molecule has 0 saturated carbocycles. The molecule has 0 aliphatic carbocycles. The lowest BCUT2D eigenvalue weighted by Crippen LogP contribution is -2.62. The van der Waals surface area contributed by atoms with E-state index >= 15 is 0 Å². The van der Waals surface area contributed by atoms with E-state index in [0.717, 1.165) is 44.9 Å². The van der Waals surface area contributed by atoms with Gasteiger partial charge in [-0.15, -0.1) is 0 Å². The van der Waals surface area contributed by atoms with Gasteiger partial charge in [-0.1, -0.05) is 232 Å². The van der Waals surface area contributed by atoms with Gasteiger partial charge in [0, 0.05) is 0 Å². The molecular formula is C56H109NO15. The van der Waals surface area contributed by atoms with E-state index in [2.05, 4.69) is 19.2 Å². The minimum atomic E-state index is -1.82. The minimum absolute atomic E-state index is 0.204. The molecule has 0 bridgehead atoms. The Bertz CT molecular complexity index is 1260. The number of nitrogens with one attached hydrogen (secondary N) is 1. The number of carbonyl (C=O) groups is 1. The molecule has 14 atom stereocenters. The Morgan fingerprint density at radius 1 is 0.500 bits per heavy atom. The van der Waals surface area contributed by atoms with Gasteiger partial charge in [-0.25, -0.2) is 0 Å². The number of aliphatic hydroxyl groups is 10. The number of unbranched alkanes of at least 4 members (excludes halogenated alkanes) is 32. The molecule has 16 nitrogen and oxygen atoms in total. The normalized spacial score (nSPS) is 25.6. The van der Waals surface area contributed by atoms with Gasteiger partial charge in [-0.2, -0.15) is 0 Å². The van der Waals surface area contributed by atoms with Crippen LogP contribution in [0.1, 0.15) is 245 Å². The number of aliphatic hydroxyl groups excluding tert-OH is 10. The van der Waals surface area contributed by atoms with Crippen LogP contribution in [-0.4, -0.2) is 163 Å². The second-order valence-corrected chi connectivity index (χ2v) is 21.4. The van der Waals surface area contributed by atoms with Gasteiger partial charge in [0.2, 0.25) is 5.91 Å². The van der Waals surface area contributed by atoms with Crippen molar-refractivity contribution in [3.63, 3.8) is 0 Å². The Balaban J connectivity index is 1.86. The van der Waals surface area contributed by atoms with Crippen molar-refractivity contribution in [2.45, 2.75) is 331 Å². The van der Waals surface area contributed by atoms with E-state index in [9.17, 15) is 55.9 Å². The van der Waals surface area contributed by atoms with E-state index < -0.39 is 111 Å². The van der Waals surface area contributed by atoms with Crippen LogP contribution in [0.15, 0.2) is 0 Å². The summed E-state index contributed by atoms with van der Waals surface area (Å²) < 4.78 is 22.6. The second-order valence-electron chi connectivity index (χ2n) is 21.4. The highest BCUT2D eigenvalue weighted by atomic mass is 16.7. The monoisotopic (exact) mass is 1040 g/mol. The van der Waals surface area contributed by atoms with Crippen LogP contribution in [0.5, 0.6) is 0 Å². The Hall–Kier alpha value is -1.09. The summed E-state index contributed by atoms with van der Waals surface area (Å²) in [5, 5.41) is 109. The first-order valence-electron chi connectivity index (χ1n) is 29.5. The second kappa shape index (κ2) is 43.0. The van der Waals surface area contributed by atoms with E-state index in [1.807, 2.05) is 0 Å². The highest BCUT2D eigenvalue weighted by molar-refractivity contribution is 5.80. The molecule has 11 N–H and O–H groups in total. The SMILES string of the molecule is CCCCCCCCCCCCCCCCCCCCCC(O)C(=O)NC(COC1OC(CO)C(O)C(OC2OC(C(O)CO)C(O)C2O)C1O)C(O)C(O)CCCCCCCCCCCCCCCCC. The molecule has 16 heteroatoms. The van der Waals surface area contributed by atoms with Crippen LogP contribution in [-0.2, 0) is 23.7 Å². The number of carbonyl (C=O) groups excluding carboxylic acids is 1. The summed E-state index contributed by atoms with van der Waals surface area (Å²) in [6.07, 6.45) is 21.1. The molecule has 14 unspecified atom stereocenters. The molecule has 0 aromatic heterocycles. The zero-order valence-corrected chi connectivity index (χ0v) is 45.2.